The second-order valence-electron chi connectivity index (χ2n) is 3.27. The number of nitrogens with one attached hydrogen (secondary N) is 1. The van der Waals surface area contributed by atoms with Gasteiger partial charge in [0, 0.05) is 6.04 Å². The van der Waals surface area contributed by atoms with Crippen molar-refractivity contribution in [1.29, 1.82) is 0 Å². The summed E-state index contributed by atoms with van der Waals surface area (Å²) in [7, 11) is 1.95. The predicted octanol–water partition coefficient (Wildman–Crippen LogP) is 4.01. The molecular weight excluding hydrogens is 249 g/mol. The maximum Gasteiger partial charge on any atom is 0.0640 e. The van der Waals surface area contributed by atoms with Gasteiger partial charge in [0.2, 0.25) is 0 Å². The van der Waals surface area contributed by atoms with Gasteiger partial charge in [0.1, 0.15) is 0 Å². The molecule has 0 aromatic heterocycles. The fourth-order valence-electron chi connectivity index (χ4n) is 1.48. The molecule has 0 bridgehead atoms. The highest BCUT2D eigenvalue weighted by atomic mass is 35.5. The summed E-state index contributed by atoms with van der Waals surface area (Å²) in [6, 6.07) is 6.06. The fourth-order valence-corrected chi connectivity index (χ4v) is 2.39. The van der Waals surface area contributed by atoms with E-state index in [4.69, 9.17) is 23.2 Å². The van der Waals surface area contributed by atoms with Crippen molar-refractivity contribution in [2.24, 2.45) is 0 Å². The van der Waals surface area contributed by atoms with Gasteiger partial charge in [-0.1, -0.05) is 35.3 Å². The third-order valence-corrected chi connectivity index (χ3v) is 3.79. The zero-order valence-electron chi connectivity index (χ0n) is 8.89. The minimum Gasteiger partial charge on any atom is -0.313 e. The zero-order chi connectivity index (χ0) is 11.3. The normalized spacial score (nSPS) is 12.8. The maximum absolute atomic E-state index is 6.17. The number of benzene rings is 1. The molecule has 1 aromatic rings. The van der Waals surface area contributed by atoms with Gasteiger partial charge in [0.05, 0.1) is 10.0 Å². The summed E-state index contributed by atoms with van der Waals surface area (Å²) < 4.78 is 0. The quantitative estimate of drug-likeness (QED) is 0.862. The van der Waals surface area contributed by atoms with E-state index in [0.717, 1.165) is 17.7 Å². The average Bonchev–Trinajstić information content (AvgIpc) is 2.25. The molecule has 15 heavy (non-hydrogen) atoms. The molecule has 1 atom stereocenters. The third kappa shape index (κ3) is 3.56. The number of thioether (sulfide) groups is 1. The van der Waals surface area contributed by atoms with Crippen LogP contribution in [0.2, 0.25) is 10.0 Å². The lowest BCUT2D eigenvalue weighted by atomic mass is 10.0. The van der Waals surface area contributed by atoms with Crippen molar-refractivity contribution in [3.63, 3.8) is 0 Å². The van der Waals surface area contributed by atoms with E-state index >= 15 is 0 Å². The summed E-state index contributed by atoms with van der Waals surface area (Å²) in [5.41, 5.74) is 1.08. The fraction of sp³-hybridized carbons (Fsp3) is 0.455. The molecular formula is C11H15Cl2NS. The summed E-state index contributed by atoms with van der Waals surface area (Å²) in [4.78, 5) is 0. The monoisotopic (exact) mass is 263 g/mol. The van der Waals surface area contributed by atoms with Crippen molar-refractivity contribution in [3.8, 4) is 0 Å². The molecule has 1 unspecified atom stereocenters. The standard InChI is InChI=1S/C11H15Cl2NS/c1-14-10(6-7-15-2)8-4-3-5-9(12)11(8)13/h3-5,10,14H,6-7H2,1-2H3. The molecule has 0 aliphatic carbocycles. The summed E-state index contributed by atoms with van der Waals surface area (Å²) >= 11 is 14.0. The van der Waals surface area contributed by atoms with Crippen LogP contribution in [0.25, 0.3) is 0 Å². The second kappa shape index (κ2) is 6.64. The van der Waals surface area contributed by atoms with E-state index in [1.807, 2.05) is 37.0 Å². The highest BCUT2D eigenvalue weighted by molar-refractivity contribution is 7.98. The molecule has 0 aliphatic heterocycles. The molecule has 0 fully saturated rings. The van der Waals surface area contributed by atoms with Crippen LogP contribution < -0.4 is 5.32 Å². The van der Waals surface area contributed by atoms with Crippen molar-refractivity contribution in [2.45, 2.75) is 12.5 Å². The number of hydrogen-bond acceptors (Lipinski definition) is 2. The topological polar surface area (TPSA) is 12.0 Å². The van der Waals surface area contributed by atoms with E-state index in [2.05, 4.69) is 11.6 Å². The van der Waals surface area contributed by atoms with E-state index in [1.165, 1.54) is 0 Å². The molecule has 1 rings (SSSR count). The molecule has 0 heterocycles. The van der Waals surface area contributed by atoms with E-state index < -0.39 is 0 Å². The first-order valence-corrected chi connectivity index (χ1v) is 6.95. The molecule has 0 spiro atoms. The number of hydrogen-bond donors (Lipinski definition) is 1. The molecule has 0 saturated carbocycles. The Balaban J connectivity index is 2.86. The third-order valence-electron chi connectivity index (χ3n) is 2.32. The SMILES string of the molecule is CNC(CCSC)c1cccc(Cl)c1Cl. The van der Waals surface area contributed by atoms with Crippen LogP contribution in [-0.2, 0) is 0 Å². The van der Waals surface area contributed by atoms with Gasteiger partial charge in [-0.3, -0.25) is 0 Å². The van der Waals surface area contributed by atoms with E-state index in [1.54, 1.807) is 0 Å². The Morgan fingerprint density at radius 2 is 2.13 bits per heavy atom. The smallest absolute Gasteiger partial charge is 0.0640 e. The maximum atomic E-state index is 6.17. The first-order chi connectivity index (χ1) is 7.20. The van der Waals surface area contributed by atoms with Crippen molar-refractivity contribution in [3.05, 3.63) is 33.8 Å². The van der Waals surface area contributed by atoms with Crippen molar-refractivity contribution in [1.82, 2.24) is 5.32 Å². The second-order valence-corrected chi connectivity index (χ2v) is 5.04. The van der Waals surface area contributed by atoms with Crippen molar-refractivity contribution < 1.29 is 0 Å². The summed E-state index contributed by atoms with van der Waals surface area (Å²) in [6.45, 7) is 0. The van der Waals surface area contributed by atoms with Gasteiger partial charge in [0.15, 0.2) is 0 Å². The average molecular weight is 264 g/mol. The van der Waals surface area contributed by atoms with Gasteiger partial charge >= 0.3 is 0 Å². The molecule has 1 aromatic carbocycles. The highest BCUT2D eigenvalue weighted by Gasteiger charge is 2.13. The number of rotatable bonds is 5. The van der Waals surface area contributed by atoms with Crippen LogP contribution in [0, 0.1) is 0 Å². The predicted molar refractivity (Wildman–Crippen MR) is 71.3 cm³/mol. The molecule has 0 saturated heterocycles. The van der Waals surface area contributed by atoms with E-state index in [0.29, 0.717) is 10.0 Å². The van der Waals surface area contributed by atoms with Crippen molar-refractivity contribution >= 4 is 35.0 Å². The largest absolute Gasteiger partial charge is 0.313 e. The van der Waals surface area contributed by atoms with Crippen LogP contribution in [0.15, 0.2) is 18.2 Å². The van der Waals surface area contributed by atoms with Gasteiger partial charge in [-0.05, 0) is 37.1 Å². The lowest BCUT2D eigenvalue weighted by Crippen LogP contribution is -2.17. The van der Waals surface area contributed by atoms with Crippen LogP contribution in [0.4, 0.5) is 0 Å². The Bertz CT molecular complexity index is 317. The molecule has 4 heteroatoms. The molecule has 1 nitrogen and oxygen atoms in total. The first kappa shape index (κ1) is 13.2. The Morgan fingerprint density at radius 1 is 1.40 bits per heavy atom. The van der Waals surface area contributed by atoms with E-state index in [-0.39, 0.29) is 6.04 Å². The van der Waals surface area contributed by atoms with Crippen LogP contribution >= 0.6 is 35.0 Å². The van der Waals surface area contributed by atoms with Crippen LogP contribution in [0.1, 0.15) is 18.0 Å². The Kier molecular flexibility index (Phi) is 5.83. The summed E-state index contributed by atoms with van der Waals surface area (Å²) in [5, 5.41) is 4.55. The molecule has 0 aliphatic rings. The molecule has 0 amide bonds. The Labute approximate surface area is 106 Å². The lowest BCUT2D eigenvalue weighted by Gasteiger charge is -2.17. The van der Waals surface area contributed by atoms with Gasteiger partial charge in [-0.15, -0.1) is 0 Å². The number of halogens is 2. The van der Waals surface area contributed by atoms with Gasteiger partial charge in [0.25, 0.3) is 0 Å². The Morgan fingerprint density at radius 3 is 2.73 bits per heavy atom. The van der Waals surface area contributed by atoms with Crippen LogP contribution in [0.3, 0.4) is 0 Å². The van der Waals surface area contributed by atoms with Crippen LogP contribution in [0.5, 0.6) is 0 Å². The first-order valence-electron chi connectivity index (χ1n) is 4.80. The van der Waals surface area contributed by atoms with Gasteiger partial charge in [-0.2, -0.15) is 11.8 Å². The van der Waals surface area contributed by atoms with Gasteiger partial charge in [-0.25, -0.2) is 0 Å². The molecule has 0 radical (unpaired) electrons. The van der Waals surface area contributed by atoms with Crippen molar-refractivity contribution in [2.75, 3.05) is 19.1 Å². The Hall–Kier alpha value is 0.110. The minimum absolute atomic E-state index is 0.281. The highest BCUT2D eigenvalue weighted by Crippen LogP contribution is 2.31. The van der Waals surface area contributed by atoms with Gasteiger partial charge < -0.3 is 5.32 Å². The van der Waals surface area contributed by atoms with Crippen LogP contribution in [-0.4, -0.2) is 19.1 Å². The van der Waals surface area contributed by atoms with E-state index in [9.17, 15) is 0 Å². The summed E-state index contributed by atoms with van der Waals surface area (Å²) in [6.07, 6.45) is 3.16. The molecule has 84 valence electrons. The lowest BCUT2D eigenvalue weighted by molar-refractivity contribution is 0.581. The summed E-state index contributed by atoms with van der Waals surface area (Å²) in [5.74, 6) is 1.11. The molecule has 1 N–H and O–H groups in total. The minimum atomic E-state index is 0.281. The zero-order valence-corrected chi connectivity index (χ0v) is 11.2.